The highest BCUT2D eigenvalue weighted by Gasteiger charge is 2.18. The lowest BCUT2D eigenvalue weighted by molar-refractivity contribution is 1.07. The van der Waals surface area contributed by atoms with E-state index in [9.17, 15) is 0 Å². The molecule has 0 saturated heterocycles. The predicted octanol–water partition coefficient (Wildman–Crippen LogP) is 11.1. The maximum Gasteiger partial charge on any atom is 0.164 e. The summed E-state index contributed by atoms with van der Waals surface area (Å²) in [6.07, 6.45) is 0. The van der Waals surface area contributed by atoms with E-state index in [1.54, 1.807) is 0 Å². The lowest BCUT2D eigenvalue weighted by Crippen LogP contribution is -2.00. The molecule has 0 bridgehead atoms. The van der Waals surface area contributed by atoms with Crippen molar-refractivity contribution in [2.45, 2.75) is 0 Å². The van der Waals surface area contributed by atoms with E-state index in [0.29, 0.717) is 17.5 Å². The van der Waals surface area contributed by atoms with Crippen LogP contribution in [-0.4, -0.2) is 19.9 Å². The van der Waals surface area contributed by atoms with Crippen LogP contribution in [0, 0.1) is 0 Å². The highest BCUT2D eigenvalue weighted by Crippen LogP contribution is 2.44. The first-order chi connectivity index (χ1) is 23.3. The molecule has 0 amide bonds. The summed E-state index contributed by atoms with van der Waals surface area (Å²) in [6.45, 7) is 0. The zero-order valence-electron chi connectivity index (χ0n) is 25.2. The van der Waals surface area contributed by atoms with Gasteiger partial charge in [-0.15, -0.1) is 11.3 Å². The van der Waals surface area contributed by atoms with Gasteiger partial charge in [-0.1, -0.05) is 133 Å². The van der Waals surface area contributed by atoms with Crippen LogP contribution in [-0.2, 0) is 0 Å². The lowest BCUT2D eigenvalue weighted by atomic mass is 9.98. The summed E-state index contributed by atoms with van der Waals surface area (Å²) in [7, 11) is 0. The van der Waals surface area contributed by atoms with Crippen LogP contribution in [0.4, 0.5) is 0 Å². The van der Waals surface area contributed by atoms with Crippen LogP contribution in [0.2, 0.25) is 0 Å². The van der Waals surface area contributed by atoms with Crippen molar-refractivity contribution < 1.29 is 0 Å². The van der Waals surface area contributed by atoms with E-state index < -0.39 is 0 Å². The van der Waals surface area contributed by atoms with Crippen LogP contribution in [0.15, 0.2) is 158 Å². The number of hydrogen-bond donors (Lipinski definition) is 0. The molecule has 4 nitrogen and oxygen atoms in total. The molecular formula is C42H26N4S. The van der Waals surface area contributed by atoms with E-state index >= 15 is 0 Å². The SMILES string of the molecule is c1ccc(-c2ccc3nc(-c4cccc(-c5nc(-c6ccccc6)nc(-c6ccccc6)n5)c4)c4c5ccccc5sc4c3c2)cc1. The van der Waals surface area contributed by atoms with Crippen molar-refractivity contribution in [2.24, 2.45) is 0 Å². The Morgan fingerprint density at radius 3 is 1.60 bits per heavy atom. The second-order valence-electron chi connectivity index (χ2n) is 11.5. The quantitative estimate of drug-likeness (QED) is 0.193. The predicted molar refractivity (Wildman–Crippen MR) is 195 cm³/mol. The molecule has 6 aromatic carbocycles. The molecule has 9 rings (SSSR count). The monoisotopic (exact) mass is 618 g/mol. The highest BCUT2D eigenvalue weighted by molar-refractivity contribution is 7.26. The third-order valence-corrected chi connectivity index (χ3v) is 9.71. The average molecular weight is 619 g/mol. The fraction of sp³-hybridized carbons (Fsp3) is 0. The highest BCUT2D eigenvalue weighted by atomic mass is 32.1. The van der Waals surface area contributed by atoms with Crippen molar-refractivity contribution in [3.8, 4) is 56.5 Å². The summed E-state index contributed by atoms with van der Waals surface area (Å²) < 4.78 is 2.49. The number of fused-ring (bicyclic) bond motifs is 5. The normalized spacial score (nSPS) is 11.4. The van der Waals surface area contributed by atoms with Crippen LogP contribution < -0.4 is 0 Å². The Labute approximate surface area is 275 Å². The van der Waals surface area contributed by atoms with Crippen molar-refractivity contribution in [3.05, 3.63) is 158 Å². The van der Waals surface area contributed by atoms with E-state index in [1.165, 1.54) is 36.7 Å². The molecule has 3 heterocycles. The number of thiophene rings is 1. The second-order valence-corrected chi connectivity index (χ2v) is 12.5. The summed E-state index contributed by atoms with van der Waals surface area (Å²) in [5.41, 5.74) is 8.14. The standard InChI is InChI=1S/C42H26N4S/c1-4-13-27(14-5-1)30-23-24-35-34(26-30)39-37(33-21-10-11-22-36(33)47-39)38(43-35)31-19-12-20-32(25-31)42-45-40(28-15-6-2-7-16-28)44-41(46-42)29-17-8-3-9-18-29/h1-26H. The maximum atomic E-state index is 5.35. The Balaban J connectivity index is 1.25. The van der Waals surface area contributed by atoms with E-state index in [0.717, 1.165) is 33.5 Å². The molecule has 0 aliphatic carbocycles. The van der Waals surface area contributed by atoms with Gasteiger partial charge in [-0.05, 0) is 35.4 Å². The molecule has 0 aliphatic rings. The third-order valence-electron chi connectivity index (χ3n) is 8.51. The van der Waals surface area contributed by atoms with Crippen molar-refractivity contribution >= 4 is 42.4 Å². The van der Waals surface area contributed by atoms with Gasteiger partial charge in [0.05, 0.1) is 11.2 Å². The molecule has 0 aliphatic heterocycles. The minimum atomic E-state index is 0.624. The first-order valence-electron chi connectivity index (χ1n) is 15.6. The number of pyridine rings is 1. The maximum absolute atomic E-state index is 5.35. The molecule has 0 radical (unpaired) electrons. The summed E-state index contributed by atoms with van der Waals surface area (Å²) in [4.78, 5) is 20.2. The summed E-state index contributed by atoms with van der Waals surface area (Å²) in [5, 5.41) is 3.55. The molecule has 0 atom stereocenters. The molecule has 0 saturated carbocycles. The summed E-state index contributed by atoms with van der Waals surface area (Å²) in [6, 6.07) is 54.4. The minimum Gasteiger partial charge on any atom is -0.247 e. The zero-order chi connectivity index (χ0) is 31.2. The molecule has 220 valence electrons. The van der Waals surface area contributed by atoms with Crippen LogP contribution in [0.5, 0.6) is 0 Å². The molecule has 0 spiro atoms. The van der Waals surface area contributed by atoms with Crippen LogP contribution in [0.25, 0.3) is 87.6 Å². The van der Waals surface area contributed by atoms with Gasteiger partial charge in [-0.3, -0.25) is 0 Å². The molecule has 47 heavy (non-hydrogen) atoms. The van der Waals surface area contributed by atoms with Gasteiger partial charge < -0.3 is 0 Å². The second kappa shape index (κ2) is 11.4. The van der Waals surface area contributed by atoms with Gasteiger partial charge in [-0.25, -0.2) is 19.9 Å². The molecule has 3 aromatic heterocycles. The number of aromatic nitrogens is 4. The average Bonchev–Trinajstić information content (AvgIpc) is 3.55. The van der Waals surface area contributed by atoms with Crippen LogP contribution in [0.3, 0.4) is 0 Å². The van der Waals surface area contributed by atoms with Crippen molar-refractivity contribution in [3.63, 3.8) is 0 Å². The van der Waals surface area contributed by atoms with Gasteiger partial charge in [0, 0.05) is 47.8 Å². The molecular weight excluding hydrogens is 593 g/mol. The molecule has 5 heteroatoms. The van der Waals surface area contributed by atoms with Gasteiger partial charge in [0.25, 0.3) is 0 Å². The van der Waals surface area contributed by atoms with E-state index in [2.05, 4.69) is 97.1 Å². The van der Waals surface area contributed by atoms with Gasteiger partial charge >= 0.3 is 0 Å². The van der Waals surface area contributed by atoms with Gasteiger partial charge in [0.15, 0.2) is 17.5 Å². The summed E-state index contributed by atoms with van der Waals surface area (Å²) >= 11 is 1.83. The number of benzene rings is 6. The first-order valence-corrected chi connectivity index (χ1v) is 16.4. The first kappa shape index (κ1) is 27.3. The van der Waals surface area contributed by atoms with Gasteiger partial charge in [0.1, 0.15) is 0 Å². The van der Waals surface area contributed by atoms with Crippen molar-refractivity contribution in [2.75, 3.05) is 0 Å². The fourth-order valence-corrected chi connectivity index (χ4v) is 7.45. The van der Waals surface area contributed by atoms with Crippen molar-refractivity contribution in [1.29, 1.82) is 0 Å². The summed E-state index contributed by atoms with van der Waals surface area (Å²) in [5.74, 6) is 1.91. The molecule has 0 unspecified atom stereocenters. The number of nitrogens with zero attached hydrogens (tertiary/aromatic N) is 4. The third kappa shape index (κ3) is 4.94. The fourth-order valence-electron chi connectivity index (χ4n) is 6.22. The molecule has 9 aromatic rings. The van der Waals surface area contributed by atoms with Gasteiger partial charge in [-0.2, -0.15) is 0 Å². The van der Waals surface area contributed by atoms with Gasteiger partial charge in [0.2, 0.25) is 0 Å². The Kier molecular flexibility index (Phi) is 6.61. The Morgan fingerprint density at radius 2 is 0.915 bits per heavy atom. The van der Waals surface area contributed by atoms with Crippen LogP contribution >= 0.6 is 11.3 Å². The van der Waals surface area contributed by atoms with E-state index in [-0.39, 0.29) is 0 Å². The topological polar surface area (TPSA) is 51.6 Å². The lowest BCUT2D eigenvalue weighted by Gasteiger charge is -2.11. The number of rotatable bonds is 5. The minimum absolute atomic E-state index is 0.624. The van der Waals surface area contributed by atoms with E-state index in [1.807, 2.05) is 72.0 Å². The zero-order valence-corrected chi connectivity index (χ0v) is 26.0. The van der Waals surface area contributed by atoms with E-state index in [4.69, 9.17) is 19.9 Å². The van der Waals surface area contributed by atoms with Crippen LogP contribution in [0.1, 0.15) is 0 Å². The Bertz CT molecular complexity index is 2500. The number of hydrogen-bond acceptors (Lipinski definition) is 5. The Hall–Kier alpha value is -6.04. The smallest absolute Gasteiger partial charge is 0.164 e. The largest absolute Gasteiger partial charge is 0.247 e. The Morgan fingerprint density at radius 1 is 0.362 bits per heavy atom. The van der Waals surface area contributed by atoms with Crippen molar-refractivity contribution in [1.82, 2.24) is 19.9 Å². The molecule has 0 fully saturated rings. The molecule has 0 N–H and O–H groups in total.